The number of thiazole rings is 1. The van der Waals surface area contributed by atoms with Crippen molar-refractivity contribution >= 4 is 17.2 Å². The molecule has 1 saturated heterocycles. The Morgan fingerprint density at radius 2 is 2.59 bits per heavy atom. The summed E-state index contributed by atoms with van der Waals surface area (Å²) in [5.74, 6) is 1.03. The van der Waals surface area contributed by atoms with Crippen LogP contribution in [0.1, 0.15) is 29.4 Å². The van der Waals surface area contributed by atoms with Gasteiger partial charge >= 0.3 is 0 Å². The number of carbonyl (C=O) groups excluding carboxylic acids is 1. The van der Waals surface area contributed by atoms with Gasteiger partial charge in [-0.15, -0.1) is 11.3 Å². The van der Waals surface area contributed by atoms with Crippen molar-refractivity contribution in [3.63, 3.8) is 0 Å². The molecule has 0 unspecified atom stereocenters. The van der Waals surface area contributed by atoms with E-state index in [9.17, 15) is 4.79 Å². The molecule has 3 rings (SSSR count). The Kier molecular flexibility index (Phi) is 2.88. The van der Waals surface area contributed by atoms with Crippen LogP contribution in [-0.2, 0) is 4.74 Å². The number of hydrogen-bond donors (Lipinski definition) is 1. The van der Waals surface area contributed by atoms with E-state index >= 15 is 0 Å². The van der Waals surface area contributed by atoms with E-state index < -0.39 is 0 Å². The number of carbonyl (C=O) groups is 1. The molecule has 5 heteroatoms. The second kappa shape index (κ2) is 4.38. The lowest BCUT2D eigenvalue weighted by molar-refractivity contribution is -0.0544. The van der Waals surface area contributed by atoms with Crippen LogP contribution >= 0.6 is 11.3 Å². The number of nitrogens with zero attached hydrogens (tertiary/aromatic N) is 1. The molecule has 17 heavy (non-hydrogen) atoms. The molecule has 1 saturated carbocycles. The summed E-state index contributed by atoms with van der Waals surface area (Å²) in [6, 6.07) is 0.294. The molecule has 2 aliphatic rings. The van der Waals surface area contributed by atoms with E-state index in [1.807, 2.05) is 0 Å². The van der Waals surface area contributed by atoms with Gasteiger partial charge in [-0.3, -0.25) is 9.78 Å². The fraction of sp³-hybridized carbons (Fsp3) is 0.667. The van der Waals surface area contributed by atoms with Crippen LogP contribution in [0, 0.1) is 11.8 Å². The van der Waals surface area contributed by atoms with Gasteiger partial charge in [-0.05, 0) is 12.8 Å². The van der Waals surface area contributed by atoms with Crippen LogP contribution in [0.3, 0.4) is 0 Å². The van der Waals surface area contributed by atoms with Crippen molar-refractivity contribution in [2.75, 3.05) is 6.61 Å². The zero-order chi connectivity index (χ0) is 11.8. The molecule has 92 valence electrons. The molecule has 1 amide bonds. The highest BCUT2D eigenvalue weighted by Gasteiger charge is 2.53. The van der Waals surface area contributed by atoms with Gasteiger partial charge in [-0.25, -0.2) is 0 Å². The smallest absolute Gasteiger partial charge is 0.263 e. The lowest BCUT2D eigenvalue weighted by atomic mass is 9.65. The topological polar surface area (TPSA) is 51.2 Å². The van der Waals surface area contributed by atoms with Crippen molar-refractivity contribution in [1.29, 1.82) is 0 Å². The molecule has 1 aromatic heterocycles. The molecule has 1 aliphatic heterocycles. The van der Waals surface area contributed by atoms with E-state index in [0.717, 1.165) is 19.4 Å². The number of amides is 1. The number of aromatic nitrogens is 1. The molecule has 2 fully saturated rings. The van der Waals surface area contributed by atoms with E-state index in [0.29, 0.717) is 28.9 Å². The molecular weight excluding hydrogens is 236 g/mol. The first-order valence-corrected chi connectivity index (χ1v) is 7.00. The Labute approximate surface area is 104 Å². The van der Waals surface area contributed by atoms with Gasteiger partial charge < -0.3 is 10.1 Å². The summed E-state index contributed by atoms with van der Waals surface area (Å²) in [6.45, 7) is 3.01. The number of fused-ring (bicyclic) bond motifs is 1. The Hall–Kier alpha value is -0.940. The fourth-order valence-electron chi connectivity index (χ4n) is 3.08. The van der Waals surface area contributed by atoms with Crippen LogP contribution in [0.4, 0.5) is 0 Å². The third kappa shape index (κ3) is 1.77. The summed E-state index contributed by atoms with van der Waals surface area (Å²) < 4.78 is 5.70. The average Bonchev–Trinajstić information content (AvgIpc) is 2.96. The van der Waals surface area contributed by atoms with Crippen molar-refractivity contribution in [2.24, 2.45) is 11.8 Å². The molecule has 1 N–H and O–H groups in total. The SMILES string of the molecule is CC[C@@H]1[C@@H](NC(=O)c2cncs2)[C@@H]2CCO[C@H]12. The maximum atomic E-state index is 12.0. The van der Waals surface area contributed by atoms with Crippen molar-refractivity contribution in [2.45, 2.75) is 31.9 Å². The van der Waals surface area contributed by atoms with Crippen LogP contribution in [-0.4, -0.2) is 29.6 Å². The highest BCUT2D eigenvalue weighted by Crippen LogP contribution is 2.45. The van der Waals surface area contributed by atoms with Gasteiger partial charge in [0.05, 0.1) is 17.8 Å². The highest BCUT2D eigenvalue weighted by atomic mass is 32.1. The Bertz CT molecular complexity index is 407. The first-order chi connectivity index (χ1) is 8.31. The third-order valence-electron chi connectivity index (χ3n) is 3.95. The average molecular weight is 252 g/mol. The van der Waals surface area contributed by atoms with E-state index in [-0.39, 0.29) is 5.91 Å². The molecule has 2 heterocycles. The second-order valence-electron chi connectivity index (χ2n) is 4.72. The van der Waals surface area contributed by atoms with Gasteiger partial charge in [0.1, 0.15) is 4.88 Å². The first-order valence-electron chi connectivity index (χ1n) is 6.12. The number of nitrogens with one attached hydrogen (secondary N) is 1. The van der Waals surface area contributed by atoms with Gasteiger partial charge in [-0.2, -0.15) is 0 Å². The predicted molar refractivity (Wildman–Crippen MR) is 65.0 cm³/mol. The summed E-state index contributed by atoms with van der Waals surface area (Å²) in [7, 11) is 0. The van der Waals surface area contributed by atoms with Crippen LogP contribution in [0.15, 0.2) is 11.7 Å². The Morgan fingerprint density at radius 3 is 3.29 bits per heavy atom. The molecule has 0 radical (unpaired) electrons. The van der Waals surface area contributed by atoms with Crippen molar-refractivity contribution in [3.05, 3.63) is 16.6 Å². The molecule has 0 aromatic carbocycles. The Balaban J connectivity index is 1.67. The second-order valence-corrected chi connectivity index (χ2v) is 5.61. The van der Waals surface area contributed by atoms with Gasteiger partial charge in [0.2, 0.25) is 0 Å². The van der Waals surface area contributed by atoms with Crippen molar-refractivity contribution < 1.29 is 9.53 Å². The Morgan fingerprint density at radius 1 is 1.71 bits per heavy atom. The molecule has 1 aliphatic carbocycles. The maximum absolute atomic E-state index is 12.0. The number of hydrogen-bond acceptors (Lipinski definition) is 4. The molecular formula is C12H16N2O2S. The largest absolute Gasteiger partial charge is 0.377 e. The van der Waals surface area contributed by atoms with Crippen LogP contribution in [0.2, 0.25) is 0 Å². The van der Waals surface area contributed by atoms with Crippen LogP contribution < -0.4 is 5.32 Å². The zero-order valence-corrected chi connectivity index (χ0v) is 10.6. The highest BCUT2D eigenvalue weighted by molar-refractivity contribution is 7.11. The minimum absolute atomic E-state index is 0.0151. The van der Waals surface area contributed by atoms with E-state index in [2.05, 4.69) is 17.2 Å². The third-order valence-corrected chi connectivity index (χ3v) is 4.73. The summed E-state index contributed by atoms with van der Waals surface area (Å²) in [5.41, 5.74) is 1.69. The quantitative estimate of drug-likeness (QED) is 0.890. The maximum Gasteiger partial charge on any atom is 0.263 e. The van der Waals surface area contributed by atoms with E-state index in [1.165, 1.54) is 11.3 Å². The van der Waals surface area contributed by atoms with Crippen molar-refractivity contribution in [3.8, 4) is 0 Å². The molecule has 0 bridgehead atoms. The molecule has 1 aromatic rings. The summed E-state index contributed by atoms with van der Waals surface area (Å²) in [4.78, 5) is 16.6. The summed E-state index contributed by atoms with van der Waals surface area (Å²) >= 11 is 1.39. The van der Waals surface area contributed by atoms with Gasteiger partial charge in [-0.1, -0.05) is 6.92 Å². The monoisotopic (exact) mass is 252 g/mol. The first kappa shape index (κ1) is 11.2. The molecule has 4 atom stereocenters. The minimum Gasteiger partial charge on any atom is -0.377 e. The van der Waals surface area contributed by atoms with Gasteiger partial charge in [0.15, 0.2) is 0 Å². The molecule has 0 spiro atoms. The minimum atomic E-state index is 0.0151. The van der Waals surface area contributed by atoms with Gasteiger partial charge in [0, 0.05) is 24.5 Å². The fourth-order valence-corrected chi connectivity index (χ4v) is 3.60. The van der Waals surface area contributed by atoms with E-state index in [1.54, 1.807) is 11.7 Å². The molecule has 4 nitrogen and oxygen atoms in total. The number of rotatable bonds is 3. The van der Waals surface area contributed by atoms with Crippen LogP contribution in [0.5, 0.6) is 0 Å². The zero-order valence-electron chi connectivity index (χ0n) is 9.76. The predicted octanol–water partition coefficient (Wildman–Crippen LogP) is 1.69. The normalized spacial score (nSPS) is 35.1. The van der Waals surface area contributed by atoms with Crippen LogP contribution in [0.25, 0.3) is 0 Å². The van der Waals surface area contributed by atoms with Gasteiger partial charge in [0.25, 0.3) is 5.91 Å². The van der Waals surface area contributed by atoms with E-state index in [4.69, 9.17) is 4.74 Å². The number of ether oxygens (including phenoxy) is 1. The standard InChI is InChI=1S/C12H16N2O2S/c1-2-7-10(8-3-4-16-11(7)8)14-12(15)9-5-13-6-17-9/h5-8,10-11H,2-4H2,1H3,(H,14,15)/t7-,8+,10-,11-/m1/s1. The van der Waals surface area contributed by atoms with Crippen molar-refractivity contribution in [1.82, 2.24) is 10.3 Å². The summed E-state index contributed by atoms with van der Waals surface area (Å²) in [5, 5.41) is 3.14. The lowest BCUT2D eigenvalue weighted by Crippen LogP contribution is -2.61. The summed E-state index contributed by atoms with van der Waals surface area (Å²) in [6.07, 6.45) is 4.15. The lowest BCUT2D eigenvalue weighted by Gasteiger charge is -2.47.